The fraction of sp³-hybridized carbons (Fsp3) is 0.370. The summed E-state index contributed by atoms with van der Waals surface area (Å²) >= 11 is 6.38. The van der Waals surface area contributed by atoms with Crippen LogP contribution in [0.4, 0.5) is 28.8 Å². The molecule has 0 saturated carbocycles. The number of nitrogens with one attached hydrogen (secondary N) is 2. The number of aromatic nitrogens is 2. The molecule has 214 valence electrons. The fourth-order valence-corrected chi connectivity index (χ4v) is 5.52. The summed E-state index contributed by atoms with van der Waals surface area (Å²) in [4.78, 5) is 22.7. The summed E-state index contributed by atoms with van der Waals surface area (Å²) < 4.78 is 32.9. The van der Waals surface area contributed by atoms with Crippen molar-refractivity contribution in [2.45, 2.75) is 37.7 Å². The zero-order valence-electron chi connectivity index (χ0n) is 22.9. The van der Waals surface area contributed by atoms with Gasteiger partial charge in [-0.3, -0.25) is 4.79 Å². The van der Waals surface area contributed by atoms with Crippen LogP contribution in [0.25, 0.3) is 0 Å². The molecular weight excluding hydrogens is 554 g/mol. The molecule has 3 aromatic rings. The first-order chi connectivity index (χ1) is 19.0. The Balaban J connectivity index is 1.59. The number of benzene rings is 2. The van der Waals surface area contributed by atoms with Gasteiger partial charge in [-0.05, 0) is 51.0 Å². The second-order valence-electron chi connectivity index (χ2n) is 9.93. The minimum atomic E-state index is -3.71. The van der Waals surface area contributed by atoms with Gasteiger partial charge in [0.1, 0.15) is 15.7 Å². The number of anilines is 5. The van der Waals surface area contributed by atoms with Gasteiger partial charge in [0.25, 0.3) is 0 Å². The molecule has 2 heterocycles. The van der Waals surface area contributed by atoms with E-state index in [2.05, 4.69) is 25.5 Å². The Morgan fingerprint density at radius 1 is 1.12 bits per heavy atom. The highest BCUT2D eigenvalue weighted by molar-refractivity contribution is 7.89. The molecule has 2 aromatic carbocycles. The molecule has 4 rings (SSSR count). The largest absolute Gasteiger partial charge is 0.489 e. The van der Waals surface area contributed by atoms with Crippen molar-refractivity contribution in [2.75, 3.05) is 42.7 Å². The molecule has 0 unspecified atom stereocenters. The summed E-state index contributed by atoms with van der Waals surface area (Å²) in [5.41, 5.74) is 7.44. The van der Waals surface area contributed by atoms with E-state index in [0.717, 1.165) is 23.1 Å². The zero-order valence-corrected chi connectivity index (χ0v) is 24.5. The lowest BCUT2D eigenvalue weighted by molar-refractivity contribution is -0.122. The van der Waals surface area contributed by atoms with Crippen molar-refractivity contribution >= 4 is 56.4 Å². The predicted octanol–water partition coefficient (Wildman–Crippen LogP) is 4.36. The monoisotopic (exact) mass is 587 g/mol. The van der Waals surface area contributed by atoms with Gasteiger partial charge in [0.2, 0.25) is 21.9 Å². The standard InChI is InChI=1S/C27H34ClN7O4S/c1-17(2)39-23-15-19(35-13-11-18(12-14-35)25(29)36)9-10-21(23)32-27-30-16-20(28)26(33-27)31-22-7-5-6-8-24(22)40(37,38)34(3)4/h5-10,15-18H,11-14H2,1-4H3,(H2,29,36)(H2,30,31,32,33). The molecule has 11 nitrogen and oxygen atoms in total. The summed E-state index contributed by atoms with van der Waals surface area (Å²) in [6.07, 6.45) is 2.77. The molecule has 1 fully saturated rings. The number of carbonyl (C=O) groups excluding carboxylic acids is 1. The minimum Gasteiger partial charge on any atom is -0.489 e. The zero-order chi connectivity index (χ0) is 29.0. The molecule has 1 aliphatic rings. The molecule has 0 aliphatic carbocycles. The molecule has 0 spiro atoms. The normalized spacial score (nSPS) is 14.4. The van der Waals surface area contributed by atoms with Crippen molar-refractivity contribution in [3.05, 3.63) is 53.7 Å². The number of piperidine rings is 1. The van der Waals surface area contributed by atoms with Crippen LogP contribution in [0.15, 0.2) is 53.6 Å². The van der Waals surface area contributed by atoms with Gasteiger partial charge < -0.3 is 26.0 Å². The van der Waals surface area contributed by atoms with Crippen LogP contribution in [0.3, 0.4) is 0 Å². The van der Waals surface area contributed by atoms with Crippen molar-refractivity contribution < 1.29 is 17.9 Å². The number of nitrogens with two attached hydrogens (primary N) is 1. The van der Waals surface area contributed by atoms with E-state index < -0.39 is 10.0 Å². The van der Waals surface area contributed by atoms with Crippen molar-refractivity contribution in [1.29, 1.82) is 0 Å². The molecule has 0 radical (unpaired) electrons. The number of rotatable bonds is 10. The van der Waals surface area contributed by atoms with Gasteiger partial charge in [-0.15, -0.1) is 0 Å². The number of primary amides is 1. The van der Waals surface area contributed by atoms with Crippen LogP contribution in [0, 0.1) is 5.92 Å². The highest BCUT2D eigenvalue weighted by Gasteiger charge is 2.24. The average molecular weight is 588 g/mol. The third-order valence-electron chi connectivity index (χ3n) is 6.48. The Morgan fingerprint density at radius 3 is 2.48 bits per heavy atom. The molecule has 40 heavy (non-hydrogen) atoms. The van der Waals surface area contributed by atoms with E-state index in [1.807, 2.05) is 32.0 Å². The predicted molar refractivity (Wildman–Crippen MR) is 157 cm³/mol. The highest BCUT2D eigenvalue weighted by Crippen LogP contribution is 2.35. The molecule has 4 N–H and O–H groups in total. The van der Waals surface area contributed by atoms with Crippen LogP contribution in [0.2, 0.25) is 5.02 Å². The Kier molecular flexibility index (Phi) is 9.02. The van der Waals surface area contributed by atoms with E-state index in [4.69, 9.17) is 22.1 Å². The van der Waals surface area contributed by atoms with Crippen LogP contribution in [-0.4, -0.2) is 61.9 Å². The number of ether oxygens (including phenoxy) is 1. The lowest BCUT2D eigenvalue weighted by Crippen LogP contribution is -2.38. The van der Waals surface area contributed by atoms with Crippen LogP contribution in [0.5, 0.6) is 5.75 Å². The molecule has 0 bridgehead atoms. The SMILES string of the molecule is CC(C)Oc1cc(N2CCC(C(N)=O)CC2)ccc1Nc1ncc(Cl)c(Nc2ccccc2S(=O)(=O)N(C)C)n1. The first kappa shape index (κ1) is 29.4. The van der Waals surface area contributed by atoms with E-state index in [0.29, 0.717) is 30.0 Å². The molecule has 13 heteroatoms. The summed E-state index contributed by atoms with van der Waals surface area (Å²) in [7, 11) is -0.773. The summed E-state index contributed by atoms with van der Waals surface area (Å²) in [6, 6.07) is 12.3. The van der Waals surface area contributed by atoms with Crippen molar-refractivity contribution in [2.24, 2.45) is 11.7 Å². The first-order valence-corrected chi connectivity index (χ1v) is 14.7. The van der Waals surface area contributed by atoms with Crippen molar-refractivity contribution in [3.8, 4) is 5.75 Å². The minimum absolute atomic E-state index is 0.0880. The quantitative estimate of drug-likeness (QED) is 0.315. The van der Waals surface area contributed by atoms with Crippen molar-refractivity contribution in [3.63, 3.8) is 0 Å². The molecular formula is C27H34ClN7O4S. The number of halogens is 1. The van der Waals surface area contributed by atoms with Gasteiger partial charge >= 0.3 is 0 Å². The maximum absolute atomic E-state index is 12.8. The van der Waals surface area contributed by atoms with Gasteiger partial charge in [-0.2, -0.15) is 4.98 Å². The molecule has 1 amide bonds. The second kappa shape index (κ2) is 12.3. The van der Waals surface area contributed by atoms with E-state index in [-0.39, 0.29) is 39.6 Å². The Hall–Kier alpha value is -3.61. The van der Waals surface area contributed by atoms with E-state index >= 15 is 0 Å². The number of amides is 1. The number of para-hydroxylation sites is 1. The van der Waals surface area contributed by atoms with Gasteiger partial charge in [-0.1, -0.05) is 23.7 Å². The van der Waals surface area contributed by atoms with Crippen molar-refractivity contribution in [1.82, 2.24) is 14.3 Å². The number of nitrogens with zero attached hydrogens (tertiary/aromatic N) is 4. The third-order valence-corrected chi connectivity index (χ3v) is 8.63. The van der Waals surface area contributed by atoms with E-state index in [9.17, 15) is 13.2 Å². The van der Waals surface area contributed by atoms with Crippen LogP contribution in [-0.2, 0) is 14.8 Å². The topological polar surface area (TPSA) is 143 Å². The summed E-state index contributed by atoms with van der Waals surface area (Å²) in [5.74, 6) is 0.746. The number of sulfonamides is 1. The summed E-state index contributed by atoms with van der Waals surface area (Å²) in [5, 5.41) is 6.45. The average Bonchev–Trinajstić information content (AvgIpc) is 2.91. The smallest absolute Gasteiger partial charge is 0.244 e. The Bertz CT molecular complexity index is 1480. The van der Waals surface area contributed by atoms with E-state index in [1.165, 1.54) is 26.4 Å². The molecule has 1 saturated heterocycles. The molecule has 1 aromatic heterocycles. The third kappa shape index (κ3) is 6.75. The Labute approximate surface area is 239 Å². The lowest BCUT2D eigenvalue weighted by atomic mass is 9.96. The highest BCUT2D eigenvalue weighted by atomic mass is 35.5. The number of hydrogen-bond donors (Lipinski definition) is 3. The van der Waals surface area contributed by atoms with Crippen LogP contribution < -0.4 is 26.0 Å². The Morgan fingerprint density at radius 2 is 1.82 bits per heavy atom. The summed E-state index contributed by atoms with van der Waals surface area (Å²) in [6.45, 7) is 5.33. The lowest BCUT2D eigenvalue weighted by Gasteiger charge is -2.32. The van der Waals surface area contributed by atoms with Crippen LogP contribution >= 0.6 is 11.6 Å². The number of carbonyl (C=O) groups is 1. The maximum atomic E-state index is 12.8. The van der Waals surface area contributed by atoms with Gasteiger partial charge in [-0.25, -0.2) is 17.7 Å². The van der Waals surface area contributed by atoms with Gasteiger partial charge in [0.05, 0.1) is 23.7 Å². The maximum Gasteiger partial charge on any atom is 0.244 e. The van der Waals surface area contributed by atoms with Crippen LogP contribution in [0.1, 0.15) is 26.7 Å². The molecule has 1 aliphatic heterocycles. The molecule has 0 atom stereocenters. The fourth-order valence-electron chi connectivity index (χ4n) is 4.34. The number of hydrogen-bond acceptors (Lipinski definition) is 9. The van der Waals surface area contributed by atoms with Gasteiger partial charge in [0, 0.05) is 44.9 Å². The second-order valence-corrected chi connectivity index (χ2v) is 12.5. The van der Waals surface area contributed by atoms with E-state index in [1.54, 1.807) is 18.2 Å². The van der Waals surface area contributed by atoms with Gasteiger partial charge in [0.15, 0.2) is 5.82 Å². The first-order valence-electron chi connectivity index (χ1n) is 12.9.